The van der Waals surface area contributed by atoms with Crippen LogP contribution in [0.25, 0.3) is 0 Å². The molecule has 0 spiro atoms. The molecule has 0 aliphatic carbocycles. The third-order valence-electron chi connectivity index (χ3n) is 3.55. The first-order chi connectivity index (χ1) is 10.8. The average molecular weight is 286 g/mol. The quantitative estimate of drug-likeness (QED) is 0.536. The summed E-state index contributed by atoms with van der Waals surface area (Å²) >= 11 is 0. The molecule has 108 valence electrons. The minimum Gasteiger partial charge on any atom is -0.176 e. The Hall–Kier alpha value is -2.74. The molecular formula is C20H18N2. The van der Waals surface area contributed by atoms with Crippen molar-refractivity contribution in [2.75, 3.05) is 0 Å². The molecule has 0 atom stereocenters. The Balaban J connectivity index is 1.94. The topological polar surface area (TPSA) is 24.7 Å². The zero-order chi connectivity index (χ0) is 15.2. The minimum absolute atomic E-state index is 0.0799. The van der Waals surface area contributed by atoms with Gasteiger partial charge in [-0.3, -0.25) is 0 Å². The van der Waals surface area contributed by atoms with Crippen LogP contribution < -0.4 is 0 Å². The molecule has 0 heterocycles. The van der Waals surface area contributed by atoms with Gasteiger partial charge >= 0.3 is 0 Å². The summed E-state index contributed by atoms with van der Waals surface area (Å²) in [5.41, 5.74) is 4.39. The summed E-state index contributed by atoms with van der Waals surface area (Å²) in [6.07, 6.45) is 0. The second-order valence-corrected chi connectivity index (χ2v) is 5.27. The van der Waals surface area contributed by atoms with Crippen LogP contribution in [0, 0.1) is 6.92 Å². The fourth-order valence-corrected chi connectivity index (χ4v) is 2.33. The van der Waals surface area contributed by atoms with Crippen LogP contribution in [0.4, 0.5) is 5.69 Å². The van der Waals surface area contributed by atoms with Crippen molar-refractivity contribution in [2.45, 2.75) is 13.0 Å². The number of aryl methyl sites for hydroxylation is 1. The highest BCUT2D eigenvalue weighted by Gasteiger charge is 2.12. The molecule has 0 aliphatic rings. The van der Waals surface area contributed by atoms with Crippen LogP contribution >= 0.6 is 0 Å². The minimum atomic E-state index is -0.0799. The number of azo groups is 1. The smallest absolute Gasteiger partial charge is 0.121 e. The SMILES string of the molecule is Cc1ccc(N=NC(c2ccccc2)c2ccccc2)cc1. The van der Waals surface area contributed by atoms with Gasteiger partial charge in [-0.05, 0) is 30.2 Å². The Morgan fingerprint density at radius 3 is 1.64 bits per heavy atom. The van der Waals surface area contributed by atoms with E-state index in [0.717, 1.165) is 16.8 Å². The van der Waals surface area contributed by atoms with E-state index in [1.807, 2.05) is 60.7 Å². The second kappa shape index (κ2) is 6.81. The molecule has 0 unspecified atom stereocenters. The van der Waals surface area contributed by atoms with Crippen LogP contribution in [0.1, 0.15) is 22.7 Å². The summed E-state index contributed by atoms with van der Waals surface area (Å²) in [4.78, 5) is 0. The number of rotatable bonds is 4. The second-order valence-electron chi connectivity index (χ2n) is 5.27. The Kier molecular flexibility index (Phi) is 4.40. The van der Waals surface area contributed by atoms with Gasteiger partial charge in [-0.25, -0.2) is 0 Å². The number of benzene rings is 3. The summed E-state index contributed by atoms with van der Waals surface area (Å²) in [6.45, 7) is 2.07. The monoisotopic (exact) mass is 286 g/mol. The largest absolute Gasteiger partial charge is 0.176 e. The van der Waals surface area contributed by atoms with Crippen molar-refractivity contribution in [3.8, 4) is 0 Å². The van der Waals surface area contributed by atoms with Gasteiger partial charge in [0.25, 0.3) is 0 Å². The maximum atomic E-state index is 4.59. The predicted molar refractivity (Wildman–Crippen MR) is 90.4 cm³/mol. The summed E-state index contributed by atoms with van der Waals surface area (Å²) in [6, 6.07) is 28.5. The Bertz CT molecular complexity index is 692. The lowest BCUT2D eigenvalue weighted by atomic mass is 10.00. The van der Waals surface area contributed by atoms with E-state index in [0.29, 0.717) is 0 Å². The lowest BCUT2D eigenvalue weighted by Gasteiger charge is -2.12. The van der Waals surface area contributed by atoms with E-state index in [1.165, 1.54) is 5.56 Å². The number of hydrogen-bond donors (Lipinski definition) is 0. The maximum absolute atomic E-state index is 4.59. The van der Waals surface area contributed by atoms with E-state index >= 15 is 0 Å². The van der Waals surface area contributed by atoms with Crippen molar-refractivity contribution in [1.82, 2.24) is 0 Å². The lowest BCUT2D eigenvalue weighted by Crippen LogP contribution is -1.96. The van der Waals surface area contributed by atoms with E-state index in [9.17, 15) is 0 Å². The van der Waals surface area contributed by atoms with Crippen LogP contribution in [0.5, 0.6) is 0 Å². The van der Waals surface area contributed by atoms with Crippen LogP contribution in [-0.2, 0) is 0 Å². The molecule has 0 fully saturated rings. The molecule has 0 aliphatic heterocycles. The van der Waals surface area contributed by atoms with Gasteiger partial charge < -0.3 is 0 Å². The van der Waals surface area contributed by atoms with Gasteiger partial charge in [0.2, 0.25) is 0 Å². The van der Waals surface area contributed by atoms with E-state index in [1.54, 1.807) is 0 Å². The van der Waals surface area contributed by atoms with Crippen LogP contribution in [0.15, 0.2) is 95.2 Å². The van der Waals surface area contributed by atoms with E-state index < -0.39 is 0 Å². The highest BCUT2D eigenvalue weighted by Crippen LogP contribution is 2.27. The van der Waals surface area contributed by atoms with E-state index in [4.69, 9.17) is 0 Å². The fraction of sp³-hybridized carbons (Fsp3) is 0.100. The van der Waals surface area contributed by atoms with E-state index in [-0.39, 0.29) is 6.04 Å². The first-order valence-electron chi connectivity index (χ1n) is 7.40. The summed E-state index contributed by atoms with van der Waals surface area (Å²) in [5.74, 6) is 0. The molecular weight excluding hydrogens is 268 g/mol. The van der Waals surface area contributed by atoms with Crippen molar-refractivity contribution in [3.63, 3.8) is 0 Å². The Labute approximate surface area is 131 Å². The van der Waals surface area contributed by atoms with Gasteiger partial charge in [-0.1, -0.05) is 78.4 Å². The average Bonchev–Trinajstić information content (AvgIpc) is 2.59. The zero-order valence-electron chi connectivity index (χ0n) is 12.6. The Morgan fingerprint density at radius 1 is 0.636 bits per heavy atom. The molecule has 0 bridgehead atoms. The van der Waals surface area contributed by atoms with Gasteiger partial charge in [-0.15, -0.1) is 0 Å². The van der Waals surface area contributed by atoms with Gasteiger partial charge in [0.05, 0.1) is 5.69 Å². The molecule has 22 heavy (non-hydrogen) atoms. The molecule has 0 radical (unpaired) electrons. The van der Waals surface area contributed by atoms with Crippen LogP contribution in [-0.4, -0.2) is 0 Å². The first kappa shape index (κ1) is 14.2. The molecule has 3 rings (SSSR count). The molecule has 2 heteroatoms. The van der Waals surface area contributed by atoms with Crippen molar-refractivity contribution >= 4 is 5.69 Å². The van der Waals surface area contributed by atoms with Gasteiger partial charge in [0.1, 0.15) is 6.04 Å². The van der Waals surface area contributed by atoms with Crippen molar-refractivity contribution < 1.29 is 0 Å². The molecule has 0 aromatic heterocycles. The zero-order valence-corrected chi connectivity index (χ0v) is 12.6. The summed E-state index contributed by atoms with van der Waals surface area (Å²) in [5, 5.41) is 9.01. The first-order valence-corrected chi connectivity index (χ1v) is 7.40. The van der Waals surface area contributed by atoms with Crippen molar-refractivity contribution in [2.24, 2.45) is 10.2 Å². The Morgan fingerprint density at radius 2 is 1.14 bits per heavy atom. The van der Waals surface area contributed by atoms with Crippen LogP contribution in [0.3, 0.4) is 0 Å². The highest BCUT2D eigenvalue weighted by atomic mass is 15.1. The third kappa shape index (κ3) is 3.47. The van der Waals surface area contributed by atoms with E-state index in [2.05, 4.69) is 41.4 Å². The molecule has 3 aromatic rings. The number of hydrogen-bond acceptors (Lipinski definition) is 2. The highest BCUT2D eigenvalue weighted by molar-refractivity contribution is 5.38. The van der Waals surface area contributed by atoms with Gasteiger partial charge in [0.15, 0.2) is 0 Å². The molecule has 2 nitrogen and oxygen atoms in total. The standard InChI is InChI=1S/C20H18N2/c1-16-12-14-19(15-13-16)21-22-20(17-8-4-2-5-9-17)18-10-6-3-7-11-18/h2-15,20H,1H3. The summed E-state index contributed by atoms with van der Waals surface area (Å²) in [7, 11) is 0. The van der Waals surface area contributed by atoms with Crippen LogP contribution in [0.2, 0.25) is 0 Å². The third-order valence-corrected chi connectivity index (χ3v) is 3.55. The molecule has 0 amide bonds. The normalized spacial score (nSPS) is 11.2. The fourth-order valence-electron chi connectivity index (χ4n) is 2.33. The maximum Gasteiger partial charge on any atom is 0.121 e. The van der Waals surface area contributed by atoms with Crippen molar-refractivity contribution in [1.29, 1.82) is 0 Å². The van der Waals surface area contributed by atoms with Gasteiger partial charge in [-0.2, -0.15) is 10.2 Å². The molecule has 3 aromatic carbocycles. The molecule has 0 saturated carbocycles. The predicted octanol–water partition coefficient (Wildman–Crippen LogP) is 5.87. The van der Waals surface area contributed by atoms with Crippen molar-refractivity contribution in [3.05, 3.63) is 102 Å². The lowest BCUT2D eigenvalue weighted by molar-refractivity contribution is 0.809. The summed E-state index contributed by atoms with van der Waals surface area (Å²) < 4.78 is 0. The molecule has 0 saturated heterocycles. The molecule has 0 N–H and O–H groups in total. The van der Waals surface area contributed by atoms with Gasteiger partial charge in [0, 0.05) is 0 Å². The number of nitrogens with zero attached hydrogens (tertiary/aromatic N) is 2.